The Morgan fingerprint density at radius 3 is 2.86 bits per heavy atom. The highest BCUT2D eigenvalue weighted by molar-refractivity contribution is 5.94. The Balaban J connectivity index is 0.00000176. The standard InChI is InChI=1S/C16H22N2O3.ClH/c19-13-4-1-3-12(11-13)15(20)18-14-5-2-10-21-16(14)6-8-17-9-7-16;/h1,3-4,11,14,17,19H,2,5-10H2,(H,18,20);1H. The number of benzene rings is 1. The molecule has 0 aromatic heterocycles. The fourth-order valence-corrected chi connectivity index (χ4v) is 3.36. The van der Waals surface area contributed by atoms with Crippen LogP contribution < -0.4 is 10.6 Å². The molecule has 2 aliphatic rings. The molecule has 0 bridgehead atoms. The summed E-state index contributed by atoms with van der Waals surface area (Å²) in [6, 6.07) is 6.50. The molecule has 1 spiro atoms. The van der Waals surface area contributed by atoms with Crippen LogP contribution >= 0.6 is 12.4 Å². The topological polar surface area (TPSA) is 70.6 Å². The van der Waals surface area contributed by atoms with E-state index in [0.29, 0.717) is 5.56 Å². The van der Waals surface area contributed by atoms with E-state index in [-0.39, 0.29) is 35.7 Å². The number of aromatic hydroxyl groups is 1. The van der Waals surface area contributed by atoms with E-state index in [1.54, 1.807) is 18.2 Å². The van der Waals surface area contributed by atoms with Crippen molar-refractivity contribution >= 4 is 18.3 Å². The second kappa shape index (κ2) is 7.31. The van der Waals surface area contributed by atoms with Gasteiger partial charge in [0.15, 0.2) is 0 Å². The average molecular weight is 327 g/mol. The lowest BCUT2D eigenvalue weighted by atomic mass is 9.80. The van der Waals surface area contributed by atoms with E-state index >= 15 is 0 Å². The summed E-state index contributed by atoms with van der Waals surface area (Å²) in [5.74, 6) is -0.0292. The fourth-order valence-electron chi connectivity index (χ4n) is 3.36. The third kappa shape index (κ3) is 3.54. The smallest absolute Gasteiger partial charge is 0.251 e. The lowest BCUT2D eigenvalue weighted by molar-refractivity contribution is -0.114. The number of phenolic OH excluding ortho intramolecular Hbond substituents is 1. The molecule has 1 aromatic carbocycles. The number of piperidine rings is 1. The molecule has 0 radical (unpaired) electrons. The Labute approximate surface area is 136 Å². The van der Waals surface area contributed by atoms with Gasteiger partial charge in [0.05, 0.1) is 11.6 Å². The van der Waals surface area contributed by atoms with Gasteiger partial charge in [0, 0.05) is 12.2 Å². The number of carbonyl (C=O) groups excluding carboxylic acids is 1. The number of carbonyl (C=O) groups is 1. The number of amides is 1. The van der Waals surface area contributed by atoms with Gasteiger partial charge < -0.3 is 20.5 Å². The molecule has 2 heterocycles. The molecule has 1 aromatic rings. The van der Waals surface area contributed by atoms with Gasteiger partial charge in [-0.3, -0.25) is 4.79 Å². The predicted molar refractivity (Wildman–Crippen MR) is 86.6 cm³/mol. The summed E-state index contributed by atoms with van der Waals surface area (Å²) in [5, 5.41) is 16.0. The molecule has 22 heavy (non-hydrogen) atoms. The summed E-state index contributed by atoms with van der Waals surface area (Å²) in [6.07, 6.45) is 3.78. The van der Waals surface area contributed by atoms with Crippen molar-refractivity contribution in [3.8, 4) is 5.75 Å². The third-order valence-corrected chi connectivity index (χ3v) is 4.53. The van der Waals surface area contributed by atoms with Gasteiger partial charge in [-0.15, -0.1) is 12.4 Å². The van der Waals surface area contributed by atoms with Crippen LogP contribution in [-0.2, 0) is 4.74 Å². The first-order valence-electron chi connectivity index (χ1n) is 7.64. The van der Waals surface area contributed by atoms with Crippen molar-refractivity contribution in [1.29, 1.82) is 0 Å². The number of ether oxygens (including phenoxy) is 1. The van der Waals surface area contributed by atoms with Gasteiger partial charge in [0.2, 0.25) is 0 Å². The van der Waals surface area contributed by atoms with E-state index in [0.717, 1.165) is 45.4 Å². The minimum atomic E-state index is -0.226. The molecule has 6 heteroatoms. The highest BCUT2D eigenvalue weighted by atomic mass is 35.5. The van der Waals surface area contributed by atoms with Gasteiger partial charge in [-0.2, -0.15) is 0 Å². The summed E-state index contributed by atoms with van der Waals surface area (Å²) in [6.45, 7) is 2.63. The molecule has 0 saturated carbocycles. The number of hydrogen-bond donors (Lipinski definition) is 3. The van der Waals surface area contributed by atoms with Crippen LogP contribution in [0.4, 0.5) is 0 Å². The molecule has 2 fully saturated rings. The van der Waals surface area contributed by atoms with Crippen molar-refractivity contribution in [2.45, 2.75) is 37.3 Å². The van der Waals surface area contributed by atoms with E-state index in [2.05, 4.69) is 10.6 Å². The lowest BCUT2D eigenvalue weighted by Crippen LogP contribution is -2.60. The lowest BCUT2D eigenvalue weighted by Gasteiger charge is -2.46. The molecule has 3 N–H and O–H groups in total. The maximum Gasteiger partial charge on any atom is 0.251 e. The molecule has 2 aliphatic heterocycles. The first kappa shape index (κ1) is 17.1. The van der Waals surface area contributed by atoms with Crippen molar-refractivity contribution in [3.63, 3.8) is 0 Å². The molecule has 1 amide bonds. The fraction of sp³-hybridized carbons (Fsp3) is 0.562. The number of nitrogens with one attached hydrogen (secondary N) is 2. The first-order valence-corrected chi connectivity index (χ1v) is 7.64. The number of hydrogen-bond acceptors (Lipinski definition) is 4. The molecule has 122 valence electrons. The normalized spacial score (nSPS) is 23.5. The Hall–Kier alpha value is -1.30. The molecule has 3 rings (SSSR count). The highest BCUT2D eigenvalue weighted by Gasteiger charge is 2.43. The van der Waals surface area contributed by atoms with Crippen LogP contribution in [0, 0.1) is 0 Å². The zero-order valence-electron chi connectivity index (χ0n) is 12.5. The molecule has 0 aliphatic carbocycles. The van der Waals surface area contributed by atoms with E-state index in [4.69, 9.17) is 4.74 Å². The summed E-state index contributed by atoms with van der Waals surface area (Å²) < 4.78 is 6.08. The van der Waals surface area contributed by atoms with Crippen molar-refractivity contribution in [3.05, 3.63) is 29.8 Å². The second-order valence-corrected chi connectivity index (χ2v) is 5.88. The minimum Gasteiger partial charge on any atom is -0.508 e. The Bertz CT molecular complexity index is 510. The Morgan fingerprint density at radius 1 is 1.36 bits per heavy atom. The molecule has 1 atom stereocenters. The van der Waals surface area contributed by atoms with Crippen molar-refractivity contribution < 1.29 is 14.6 Å². The second-order valence-electron chi connectivity index (χ2n) is 5.88. The Morgan fingerprint density at radius 2 is 2.14 bits per heavy atom. The molecule has 2 saturated heterocycles. The van der Waals surface area contributed by atoms with Crippen molar-refractivity contribution in [2.75, 3.05) is 19.7 Å². The van der Waals surface area contributed by atoms with Gasteiger partial charge >= 0.3 is 0 Å². The monoisotopic (exact) mass is 326 g/mol. The van der Waals surface area contributed by atoms with E-state index in [1.807, 2.05) is 0 Å². The van der Waals surface area contributed by atoms with Gasteiger partial charge in [0.1, 0.15) is 5.75 Å². The van der Waals surface area contributed by atoms with Crippen LogP contribution in [-0.4, -0.2) is 42.4 Å². The van der Waals surface area contributed by atoms with Crippen molar-refractivity contribution in [1.82, 2.24) is 10.6 Å². The van der Waals surface area contributed by atoms with Crippen molar-refractivity contribution in [2.24, 2.45) is 0 Å². The van der Waals surface area contributed by atoms with Gasteiger partial charge in [-0.05, 0) is 57.0 Å². The summed E-state index contributed by atoms with van der Waals surface area (Å²) in [7, 11) is 0. The molecular weight excluding hydrogens is 304 g/mol. The molecule has 5 nitrogen and oxygen atoms in total. The van der Waals surface area contributed by atoms with E-state index < -0.39 is 0 Å². The van der Waals surface area contributed by atoms with E-state index in [9.17, 15) is 9.90 Å². The number of rotatable bonds is 2. The SMILES string of the molecule is Cl.O=C(NC1CCCOC12CCNCC2)c1cccc(O)c1. The number of halogens is 1. The predicted octanol–water partition coefficient (Wildman–Crippen LogP) is 1.84. The maximum atomic E-state index is 12.4. The maximum absolute atomic E-state index is 12.4. The zero-order chi connectivity index (χ0) is 14.7. The zero-order valence-corrected chi connectivity index (χ0v) is 13.3. The van der Waals surface area contributed by atoms with Crippen LogP contribution in [0.3, 0.4) is 0 Å². The molecular formula is C16H23ClN2O3. The van der Waals surface area contributed by atoms with Gasteiger partial charge in [-0.1, -0.05) is 6.07 Å². The van der Waals surface area contributed by atoms with Gasteiger partial charge in [-0.25, -0.2) is 0 Å². The molecule has 1 unspecified atom stereocenters. The minimum absolute atomic E-state index is 0. The summed E-state index contributed by atoms with van der Waals surface area (Å²) >= 11 is 0. The first-order chi connectivity index (χ1) is 10.2. The van der Waals surface area contributed by atoms with Crippen LogP contribution in [0.5, 0.6) is 5.75 Å². The van der Waals surface area contributed by atoms with Crippen LogP contribution in [0.15, 0.2) is 24.3 Å². The van der Waals surface area contributed by atoms with Gasteiger partial charge in [0.25, 0.3) is 5.91 Å². The Kier molecular flexibility index (Phi) is 5.67. The van der Waals surface area contributed by atoms with Crippen LogP contribution in [0.25, 0.3) is 0 Å². The quantitative estimate of drug-likeness (QED) is 0.775. The highest BCUT2D eigenvalue weighted by Crippen LogP contribution is 2.33. The van der Waals surface area contributed by atoms with Crippen LogP contribution in [0.1, 0.15) is 36.0 Å². The van der Waals surface area contributed by atoms with E-state index in [1.165, 1.54) is 6.07 Å². The average Bonchev–Trinajstić information content (AvgIpc) is 2.50. The summed E-state index contributed by atoms with van der Waals surface area (Å²) in [5.41, 5.74) is 0.264. The third-order valence-electron chi connectivity index (χ3n) is 4.53. The number of phenols is 1. The van der Waals surface area contributed by atoms with Crippen LogP contribution in [0.2, 0.25) is 0 Å². The largest absolute Gasteiger partial charge is 0.508 e. The summed E-state index contributed by atoms with van der Waals surface area (Å²) in [4.78, 5) is 12.4.